The third-order valence-corrected chi connectivity index (χ3v) is 10.8. The number of benzene rings is 5. The van der Waals surface area contributed by atoms with Crippen molar-refractivity contribution in [3.63, 3.8) is 0 Å². The second kappa shape index (κ2) is 12.2. The molecule has 5 aromatic rings. The average Bonchev–Trinajstić information content (AvgIpc) is 3.05. The Morgan fingerprint density at radius 2 is 0.833 bits per heavy atom. The third-order valence-electron chi connectivity index (χ3n) is 8.07. The monoisotopic (exact) mass is 571 g/mol. The second-order valence-electron chi connectivity index (χ2n) is 11.2. The van der Waals surface area contributed by atoms with E-state index in [0.29, 0.717) is 0 Å². The lowest BCUT2D eigenvalue weighted by molar-refractivity contribution is 0.134. The van der Waals surface area contributed by atoms with Gasteiger partial charge in [-0.05, 0) is 48.6 Å². The van der Waals surface area contributed by atoms with Gasteiger partial charge < -0.3 is 19.1 Å². The molecule has 1 saturated heterocycles. The summed E-state index contributed by atoms with van der Waals surface area (Å²) in [5.41, 5.74) is 6.72. The molecule has 212 valence electrons. The zero-order chi connectivity index (χ0) is 29.1. The molecular weight excluding hydrogens is 534 g/mol. The number of nitrogens with zero attached hydrogens (tertiary/aromatic N) is 2. The molecule has 0 aliphatic carbocycles. The Balaban J connectivity index is 1.59. The molecule has 0 saturated carbocycles. The first-order valence-electron chi connectivity index (χ1n) is 14.4. The fourth-order valence-corrected chi connectivity index (χ4v) is 8.69. The van der Waals surface area contributed by atoms with Crippen LogP contribution in [0.2, 0.25) is 0 Å². The molecule has 5 aromatic carbocycles. The predicted molar refractivity (Wildman–Crippen MR) is 180 cm³/mol. The van der Waals surface area contributed by atoms with Crippen molar-refractivity contribution in [3.05, 3.63) is 151 Å². The number of hydrogen-bond donors (Lipinski definition) is 0. The Morgan fingerprint density at radius 1 is 0.476 bits per heavy atom. The van der Waals surface area contributed by atoms with Gasteiger partial charge in [-0.3, -0.25) is 0 Å². The molecule has 1 fully saturated rings. The van der Waals surface area contributed by atoms with Gasteiger partial charge in [-0.15, -0.1) is 10.9 Å². The Labute approximate surface area is 251 Å². The van der Waals surface area contributed by atoms with Gasteiger partial charge in [0.1, 0.15) is 0 Å². The van der Waals surface area contributed by atoms with Crippen LogP contribution in [-0.2, 0) is 9.31 Å². The van der Waals surface area contributed by atoms with Crippen LogP contribution in [0, 0.1) is 0 Å². The molecule has 1 aliphatic rings. The highest BCUT2D eigenvalue weighted by Crippen LogP contribution is 2.65. The summed E-state index contributed by atoms with van der Waals surface area (Å²) >= 11 is 0. The molecule has 42 heavy (non-hydrogen) atoms. The lowest BCUT2D eigenvalue weighted by Gasteiger charge is -2.57. The highest BCUT2D eigenvalue weighted by molar-refractivity contribution is 7.66. The van der Waals surface area contributed by atoms with Crippen molar-refractivity contribution in [2.75, 3.05) is 38.0 Å². The lowest BCUT2D eigenvalue weighted by Crippen LogP contribution is -2.65. The number of rotatable bonds is 7. The molecule has 6 heteroatoms. The van der Waals surface area contributed by atoms with Crippen LogP contribution >= 0.6 is 7.92 Å². The smallest absolute Gasteiger partial charge is 0.300 e. The highest BCUT2D eigenvalue weighted by Gasteiger charge is 2.46. The summed E-state index contributed by atoms with van der Waals surface area (Å²) in [6.07, 6.45) is 0. The number of anilines is 2. The van der Waals surface area contributed by atoms with Crippen LogP contribution in [0.15, 0.2) is 140 Å². The molecule has 4 nitrogen and oxygen atoms in total. The van der Waals surface area contributed by atoms with Gasteiger partial charge in [-0.2, -0.15) is 0 Å². The van der Waals surface area contributed by atoms with Crippen molar-refractivity contribution in [3.8, 4) is 0 Å². The molecule has 0 spiro atoms. The van der Waals surface area contributed by atoms with Crippen LogP contribution in [0.4, 0.5) is 11.4 Å². The summed E-state index contributed by atoms with van der Waals surface area (Å²) in [6.45, 7) is -2.04. The normalized spacial score (nSPS) is 19.7. The van der Waals surface area contributed by atoms with Crippen LogP contribution in [0.3, 0.4) is 0 Å². The summed E-state index contributed by atoms with van der Waals surface area (Å²) < 4.78 is 14.9. The quantitative estimate of drug-likeness (QED) is 0.162. The molecular formula is C36H37BN2O2P-. The highest BCUT2D eigenvalue weighted by atomic mass is 31.1. The summed E-state index contributed by atoms with van der Waals surface area (Å²) in [7, 11) is 7.30. The van der Waals surface area contributed by atoms with Crippen LogP contribution in [0.25, 0.3) is 0 Å². The first-order valence-corrected chi connectivity index (χ1v) is 15.9. The van der Waals surface area contributed by atoms with Gasteiger partial charge in [0.15, 0.2) is 0 Å². The van der Waals surface area contributed by atoms with Gasteiger partial charge in [0.25, 0.3) is 6.55 Å². The Kier molecular flexibility index (Phi) is 8.17. The Bertz CT molecular complexity index is 1480. The maximum absolute atomic E-state index is 7.46. The Morgan fingerprint density at radius 3 is 1.19 bits per heavy atom. The minimum Gasteiger partial charge on any atom is -0.551 e. The van der Waals surface area contributed by atoms with Gasteiger partial charge in [-0.25, -0.2) is 0 Å². The van der Waals surface area contributed by atoms with Crippen molar-refractivity contribution in [2.45, 2.75) is 11.7 Å². The summed E-state index contributed by atoms with van der Waals surface area (Å²) in [5.74, 6) is -0.405. The molecule has 0 unspecified atom stereocenters. The van der Waals surface area contributed by atoms with Crippen molar-refractivity contribution in [1.29, 1.82) is 0 Å². The van der Waals surface area contributed by atoms with Crippen LogP contribution in [0.5, 0.6) is 0 Å². The molecule has 1 aliphatic heterocycles. The van der Waals surface area contributed by atoms with E-state index in [1.165, 1.54) is 5.30 Å². The zero-order valence-electron chi connectivity index (χ0n) is 24.7. The minimum absolute atomic E-state index is 0.203. The second-order valence-corrected chi connectivity index (χ2v) is 13.5. The molecule has 2 atom stereocenters. The molecule has 1 heterocycles. The van der Waals surface area contributed by atoms with Crippen LogP contribution in [-0.4, -0.2) is 34.7 Å². The van der Waals surface area contributed by atoms with Crippen molar-refractivity contribution < 1.29 is 9.31 Å². The molecule has 0 amide bonds. The maximum Gasteiger partial charge on any atom is 0.300 e. The van der Waals surface area contributed by atoms with Crippen molar-refractivity contribution in [2.24, 2.45) is 0 Å². The predicted octanol–water partition coefficient (Wildman–Crippen LogP) is 6.63. The van der Waals surface area contributed by atoms with E-state index in [4.69, 9.17) is 9.31 Å². The van der Waals surface area contributed by atoms with E-state index in [9.17, 15) is 0 Å². The molecule has 0 aromatic heterocycles. The SMILES string of the molecule is CN(C)c1ccc([C@H]2O[B-](c3ccccc3)(c3ccccc3)O[C@H](c3ccc(N(C)C)cc3)P2c2ccccc2)cc1. The topological polar surface area (TPSA) is 24.9 Å². The van der Waals surface area contributed by atoms with Crippen LogP contribution < -0.4 is 26.0 Å². The first kappa shape index (κ1) is 28.2. The largest absolute Gasteiger partial charge is 0.551 e. The zero-order valence-corrected chi connectivity index (χ0v) is 25.6. The van der Waals surface area contributed by atoms with E-state index >= 15 is 0 Å². The lowest BCUT2D eigenvalue weighted by atomic mass is 9.46. The van der Waals surface area contributed by atoms with E-state index in [0.717, 1.165) is 33.4 Å². The van der Waals surface area contributed by atoms with E-state index in [-0.39, 0.29) is 11.7 Å². The number of hydrogen-bond acceptors (Lipinski definition) is 4. The van der Waals surface area contributed by atoms with E-state index in [1.54, 1.807) is 0 Å². The minimum atomic E-state index is -2.04. The third kappa shape index (κ3) is 5.48. The summed E-state index contributed by atoms with van der Waals surface area (Å²) in [6, 6.07) is 49.4. The van der Waals surface area contributed by atoms with Gasteiger partial charge in [0, 0.05) is 39.6 Å². The molecule has 0 radical (unpaired) electrons. The van der Waals surface area contributed by atoms with Crippen LogP contribution in [0.1, 0.15) is 22.8 Å². The van der Waals surface area contributed by atoms with Gasteiger partial charge in [0.05, 0.1) is 11.7 Å². The van der Waals surface area contributed by atoms with E-state index < -0.39 is 14.5 Å². The summed E-state index contributed by atoms with van der Waals surface area (Å²) in [5, 5.41) is 1.25. The van der Waals surface area contributed by atoms with Gasteiger partial charge >= 0.3 is 0 Å². The molecule has 6 rings (SSSR count). The fourth-order valence-electron chi connectivity index (χ4n) is 5.79. The average molecular weight is 571 g/mol. The Hall–Kier alpha value is -3.89. The van der Waals surface area contributed by atoms with E-state index in [1.807, 2.05) is 12.1 Å². The molecule has 0 bridgehead atoms. The van der Waals surface area contributed by atoms with Gasteiger partial charge in [0.2, 0.25) is 0 Å². The standard InChI is InChI=1S/C36H37BN2O2P/c1-38(2)32-24-20-28(21-25-32)35-40-37(30-14-8-5-9-15-30,31-16-10-6-11-17-31)41-36(42(35)34-18-12-7-13-19-34)29-22-26-33(27-23-29)39(3)4/h5-27,35-36H,1-4H3/q-1/t35-,36-/m0/s1. The van der Waals surface area contributed by atoms with Gasteiger partial charge in [-0.1, -0.05) is 115 Å². The van der Waals surface area contributed by atoms with Crippen molar-refractivity contribution >= 4 is 42.1 Å². The first-order chi connectivity index (χ1) is 20.5. The fraction of sp³-hybridized carbons (Fsp3) is 0.167. The summed E-state index contributed by atoms with van der Waals surface area (Å²) in [4.78, 5) is 4.26. The molecule has 0 N–H and O–H groups in total. The van der Waals surface area contributed by atoms with E-state index in [2.05, 4.69) is 165 Å². The maximum atomic E-state index is 7.46. The van der Waals surface area contributed by atoms with Crippen molar-refractivity contribution in [1.82, 2.24) is 0 Å².